The number of ether oxygens (including phenoxy) is 2. The molecule has 0 spiro atoms. The molecule has 1 unspecified atom stereocenters. The number of carbonyl (C=O) groups is 2. The molecule has 0 fully saturated rings. The van der Waals surface area contributed by atoms with Crippen LogP contribution < -0.4 is 0 Å². The molecule has 0 aromatic carbocycles. The minimum absolute atomic E-state index is 0.0615. The minimum Gasteiger partial charge on any atom is -0.462 e. The van der Waals surface area contributed by atoms with Gasteiger partial charge in [0.15, 0.2) is 6.10 Å². The Morgan fingerprint density at radius 2 is 0.537 bits per heavy atom. The Kier molecular flexibility index (Phi) is 68.7. The molecule has 0 amide bonds. The molecule has 80 heavy (non-hydrogen) atoms. The average molecular weight is 1120 g/mol. The maximum Gasteiger partial charge on any atom is 0.306 e. The Morgan fingerprint density at radius 1 is 0.300 bits per heavy atom. The van der Waals surface area contributed by atoms with Crippen molar-refractivity contribution in [3.05, 3.63) is 60.8 Å². The predicted molar refractivity (Wildman–Crippen MR) is 353 cm³/mol. The zero-order chi connectivity index (χ0) is 57.6. The highest BCUT2D eigenvalue weighted by Crippen LogP contribution is 2.19. The highest BCUT2D eigenvalue weighted by molar-refractivity contribution is 5.70. The number of carbonyl (C=O) groups excluding carboxylic acids is 2. The van der Waals surface area contributed by atoms with Crippen LogP contribution in [0.4, 0.5) is 0 Å². The predicted octanol–water partition coefficient (Wildman–Crippen LogP) is 24.9. The fraction of sp³-hybridized carbons (Fsp3) is 0.840. The molecule has 0 aromatic heterocycles. The SMILES string of the molecule is CC/C=C\C/C=C\C/C=C\C/C=C\CCCCCCCCCCCCCCCCCCC(=O)OC(CO)COC(=O)CCCCCCCCCCCCCCCCCCCCCCCCCCC/C=C\CCCCCCCCCC. The number of aliphatic hydroxyl groups is 1. The van der Waals surface area contributed by atoms with E-state index in [1.165, 1.54) is 302 Å². The van der Waals surface area contributed by atoms with Crippen LogP contribution in [0.3, 0.4) is 0 Å². The van der Waals surface area contributed by atoms with E-state index in [4.69, 9.17) is 9.47 Å². The van der Waals surface area contributed by atoms with E-state index in [0.717, 1.165) is 57.8 Å². The average Bonchev–Trinajstić information content (AvgIpc) is 3.46. The van der Waals surface area contributed by atoms with Crippen LogP contribution in [0.15, 0.2) is 60.8 Å². The normalized spacial score (nSPS) is 12.5. The van der Waals surface area contributed by atoms with E-state index in [-0.39, 0.29) is 25.2 Å². The Labute approximate surface area is 500 Å². The molecule has 0 aliphatic heterocycles. The van der Waals surface area contributed by atoms with Gasteiger partial charge in [-0.1, -0.05) is 357 Å². The lowest BCUT2D eigenvalue weighted by atomic mass is 10.0. The van der Waals surface area contributed by atoms with E-state index in [1.54, 1.807) is 0 Å². The van der Waals surface area contributed by atoms with Gasteiger partial charge in [-0.2, -0.15) is 0 Å². The van der Waals surface area contributed by atoms with Crippen molar-refractivity contribution in [1.82, 2.24) is 0 Å². The van der Waals surface area contributed by atoms with Gasteiger partial charge in [0.05, 0.1) is 6.61 Å². The summed E-state index contributed by atoms with van der Waals surface area (Å²) in [5.41, 5.74) is 0. The lowest BCUT2D eigenvalue weighted by Crippen LogP contribution is -2.28. The van der Waals surface area contributed by atoms with Gasteiger partial charge in [0.1, 0.15) is 6.61 Å². The summed E-state index contributed by atoms with van der Waals surface area (Å²) in [4.78, 5) is 24.7. The first-order chi connectivity index (χ1) is 39.6. The molecule has 1 N–H and O–H groups in total. The number of hydrogen-bond donors (Lipinski definition) is 1. The van der Waals surface area contributed by atoms with Crippen LogP contribution in [-0.4, -0.2) is 36.4 Å². The highest BCUT2D eigenvalue weighted by Gasteiger charge is 2.16. The molecule has 0 aromatic rings. The van der Waals surface area contributed by atoms with Crippen LogP contribution >= 0.6 is 0 Å². The van der Waals surface area contributed by atoms with Crippen LogP contribution in [0.1, 0.15) is 386 Å². The van der Waals surface area contributed by atoms with Gasteiger partial charge in [0, 0.05) is 12.8 Å². The summed E-state index contributed by atoms with van der Waals surface area (Å²) in [7, 11) is 0. The van der Waals surface area contributed by atoms with Crippen molar-refractivity contribution in [3.8, 4) is 0 Å². The summed E-state index contributed by atoms with van der Waals surface area (Å²) in [6, 6.07) is 0. The molecule has 0 aliphatic carbocycles. The van der Waals surface area contributed by atoms with Crippen LogP contribution in [-0.2, 0) is 19.1 Å². The van der Waals surface area contributed by atoms with Crippen molar-refractivity contribution in [2.24, 2.45) is 0 Å². The Balaban J connectivity index is 3.38. The molecule has 0 saturated carbocycles. The number of hydrogen-bond acceptors (Lipinski definition) is 5. The van der Waals surface area contributed by atoms with Crippen LogP contribution in [0.2, 0.25) is 0 Å². The third-order valence-corrected chi connectivity index (χ3v) is 16.3. The summed E-state index contributed by atoms with van der Waals surface area (Å²) in [6.45, 7) is 4.08. The fourth-order valence-corrected chi connectivity index (χ4v) is 11.0. The van der Waals surface area contributed by atoms with Gasteiger partial charge in [-0.05, 0) is 77.0 Å². The molecular weight excluding hydrogens is 981 g/mol. The van der Waals surface area contributed by atoms with Crippen LogP contribution in [0.5, 0.6) is 0 Å². The monoisotopic (exact) mass is 1120 g/mol. The van der Waals surface area contributed by atoms with E-state index in [9.17, 15) is 14.7 Å². The molecule has 0 bridgehead atoms. The first kappa shape index (κ1) is 77.6. The van der Waals surface area contributed by atoms with Gasteiger partial charge >= 0.3 is 11.9 Å². The zero-order valence-corrected chi connectivity index (χ0v) is 53.9. The smallest absolute Gasteiger partial charge is 0.306 e. The Hall–Kier alpha value is -2.40. The number of unbranched alkanes of at least 4 members (excludes halogenated alkanes) is 49. The lowest BCUT2D eigenvalue weighted by Gasteiger charge is -2.15. The quantitative estimate of drug-likeness (QED) is 0.0373. The highest BCUT2D eigenvalue weighted by atomic mass is 16.6. The maximum atomic E-state index is 12.4. The van der Waals surface area contributed by atoms with Crippen molar-refractivity contribution in [3.63, 3.8) is 0 Å². The minimum atomic E-state index is -0.773. The molecule has 0 saturated heterocycles. The van der Waals surface area contributed by atoms with Crippen LogP contribution in [0.25, 0.3) is 0 Å². The van der Waals surface area contributed by atoms with Crippen molar-refractivity contribution in [2.75, 3.05) is 13.2 Å². The van der Waals surface area contributed by atoms with Gasteiger partial charge < -0.3 is 14.6 Å². The Morgan fingerprint density at radius 3 is 0.825 bits per heavy atom. The molecule has 5 nitrogen and oxygen atoms in total. The largest absolute Gasteiger partial charge is 0.462 e. The van der Waals surface area contributed by atoms with Crippen molar-refractivity contribution < 1.29 is 24.2 Å². The second-order valence-electron chi connectivity index (χ2n) is 24.3. The standard InChI is InChI=1S/C75H138O5/c1-3-5-7-9-11-13-15-17-19-21-23-25-27-29-31-33-34-35-36-37-38-39-40-42-43-45-47-49-51-53-55-57-59-61-63-65-67-69-74(77)79-72-73(71-76)80-75(78)70-68-66-64-62-60-58-56-54-52-50-48-46-44-41-32-30-28-26-24-22-20-18-16-14-12-10-8-6-4-2/h6,8,12,14,18,20-21,23-24,26,73,76H,3-5,7,9-11,13,15-17,19,22,25,27-72H2,1-2H3/b8-6-,14-12-,20-18-,23-21-,26-24-. The molecule has 0 aliphatic rings. The van der Waals surface area contributed by atoms with E-state index in [0.29, 0.717) is 12.8 Å². The molecule has 468 valence electrons. The van der Waals surface area contributed by atoms with Gasteiger partial charge in [-0.15, -0.1) is 0 Å². The summed E-state index contributed by atoms with van der Waals surface area (Å²) in [5, 5.41) is 9.70. The van der Waals surface area contributed by atoms with Crippen LogP contribution in [0, 0.1) is 0 Å². The molecular formula is C75H138O5. The fourth-order valence-electron chi connectivity index (χ4n) is 11.0. The van der Waals surface area contributed by atoms with Crippen molar-refractivity contribution >= 4 is 11.9 Å². The number of allylic oxidation sites excluding steroid dienone is 10. The van der Waals surface area contributed by atoms with E-state index >= 15 is 0 Å². The van der Waals surface area contributed by atoms with Crippen molar-refractivity contribution in [1.29, 1.82) is 0 Å². The summed E-state index contributed by atoms with van der Waals surface area (Å²) in [5.74, 6) is -0.570. The van der Waals surface area contributed by atoms with Gasteiger partial charge in [0.2, 0.25) is 0 Å². The number of esters is 2. The molecule has 0 radical (unpaired) electrons. The zero-order valence-electron chi connectivity index (χ0n) is 53.9. The third-order valence-electron chi connectivity index (χ3n) is 16.3. The topological polar surface area (TPSA) is 72.8 Å². The third kappa shape index (κ3) is 68.1. The maximum absolute atomic E-state index is 12.4. The van der Waals surface area contributed by atoms with Gasteiger partial charge in [0.25, 0.3) is 0 Å². The molecule has 5 heteroatoms. The second kappa shape index (κ2) is 70.9. The van der Waals surface area contributed by atoms with Gasteiger partial charge in [-0.3, -0.25) is 9.59 Å². The summed E-state index contributed by atoms with van der Waals surface area (Å²) in [6.07, 6.45) is 97.0. The van der Waals surface area contributed by atoms with E-state index in [2.05, 4.69) is 74.6 Å². The van der Waals surface area contributed by atoms with Crippen molar-refractivity contribution in [2.45, 2.75) is 392 Å². The first-order valence-electron chi connectivity index (χ1n) is 35.8. The van der Waals surface area contributed by atoms with Gasteiger partial charge in [-0.25, -0.2) is 0 Å². The number of rotatable bonds is 67. The van der Waals surface area contributed by atoms with E-state index < -0.39 is 6.10 Å². The Bertz CT molecular complexity index is 1360. The lowest BCUT2D eigenvalue weighted by molar-refractivity contribution is -0.161. The second-order valence-corrected chi connectivity index (χ2v) is 24.3. The molecule has 1 atom stereocenters. The first-order valence-corrected chi connectivity index (χ1v) is 35.8. The molecule has 0 rings (SSSR count). The summed E-state index contributed by atoms with van der Waals surface area (Å²) < 4.78 is 10.8. The molecule has 0 heterocycles. The summed E-state index contributed by atoms with van der Waals surface area (Å²) >= 11 is 0. The van der Waals surface area contributed by atoms with E-state index in [1.807, 2.05) is 0 Å². The number of aliphatic hydroxyl groups excluding tert-OH is 1.